The lowest BCUT2D eigenvalue weighted by molar-refractivity contribution is 0.367. The van der Waals surface area contributed by atoms with Crippen LogP contribution in [0.25, 0.3) is 0 Å². The van der Waals surface area contributed by atoms with Gasteiger partial charge in [-0.1, -0.05) is 6.07 Å². The van der Waals surface area contributed by atoms with Crippen molar-refractivity contribution in [1.82, 2.24) is 4.98 Å². The third-order valence-electron chi connectivity index (χ3n) is 1.27. The van der Waals surface area contributed by atoms with Gasteiger partial charge in [0.25, 0.3) is 0 Å². The van der Waals surface area contributed by atoms with Crippen LogP contribution in [0.1, 0.15) is 0 Å². The molecule has 0 N–H and O–H groups in total. The molecule has 1 aromatic rings. The molecule has 56 valence electrons. The summed E-state index contributed by atoms with van der Waals surface area (Å²) < 4.78 is 9.74. The summed E-state index contributed by atoms with van der Waals surface area (Å²) in [5.74, 6) is 0.889. The smallest absolute Gasteiger partial charge is 0.216 e. The van der Waals surface area contributed by atoms with E-state index in [2.05, 4.69) is 4.98 Å². The first-order chi connectivity index (χ1) is 5.27. The highest BCUT2D eigenvalue weighted by atomic mass is 16.5. The molecule has 0 fully saturated rings. The summed E-state index contributed by atoms with van der Waals surface area (Å²) in [7, 11) is 8.56. The van der Waals surface area contributed by atoms with Crippen molar-refractivity contribution >= 4 is 13.3 Å². The second-order valence-corrected chi connectivity index (χ2v) is 1.95. The Morgan fingerprint density at radius 3 is 2.55 bits per heavy atom. The van der Waals surface area contributed by atoms with Gasteiger partial charge in [-0.3, -0.25) is 0 Å². The van der Waals surface area contributed by atoms with Gasteiger partial charge in [-0.05, 0) is 11.5 Å². The molecule has 3 nitrogen and oxygen atoms in total. The van der Waals surface area contributed by atoms with Gasteiger partial charge < -0.3 is 9.47 Å². The van der Waals surface area contributed by atoms with Crippen molar-refractivity contribution < 1.29 is 9.47 Å². The molecule has 0 aliphatic carbocycles. The van der Waals surface area contributed by atoms with Crippen molar-refractivity contribution in [2.75, 3.05) is 14.2 Å². The SMILES string of the molecule is [B]c1ccc(OC)nc1OC. The second-order valence-electron chi connectivity index (χ2n) is 1.95. The molecule has 0 bridgehead atoms. The van der Waals surface area contributed by atoms with Gasteiger partial charge in [0.05, 0.1) is 14.2 Å². The Morgan fingerprint density at radius 1 is 1.27 bits per heavy atom. The van der Waals surface area contributed by atoms with Crippen LogP contribution in [0.3, 0.4) is 0 Å². The summed E-state index contributed by atoms with van der Waals surface area (Å²) in [6.07, 6.45) is 0. The predicted molar refractivity (Wildman–Crippen MR) is 42.7 cm³/mol. The Balaban J connectivity index is 3.02. The largest absolute Gasteiger partial charge is 0.481 e. The van der Waals surface area contributed by atoms with E-state index in [9.17, 15) is 0 Å². The third kappa shape index (κ3) is 1.64. The lowest BCUT2D eigenvalue weighted by Crippen LogP contribution is -2.09. The molecule has 11 heavy (non-hydrogen) atoms. The summed E-state index contributed by atoms with van der Waals surface area (Å²) >= 11 is 0. The van der Waals surface area contributed by atoms with E-state index in [0.717, 1.165) is 0 Å². The zero-order valence-electron chi connectivity index (χ0n) is 6.50. The number of aromatic nitrogens is 1. The van der Waals surface area contributed by atoms with Crippen LogP contribution < -0.4 is 14.9 Å². The molecule has 1 rings (SSSR count). The van der Waals surface area contributed by atoms with Crippen LogP contribution in [0.15, 0.2) is 12.1 Å². The first-order valence-electron chi connectivity index (χ1n) is 3.12. The van der Waals surface area contributed by atoms with Crippen molar-refractivity contribution in [3.63, 3.8) is 0 Å². The molecule has 1 aromatic heterocycles. The minimum atomic E-state index is 0.393. The van der Waals surface area contributed by atoms with Gasteiger partial charge in [-0.15, -0.1) is 0 Å². The first kappa shape index (κ1) is 7.92. The fourth-order valence-corrected chi connectivity index (χ4v) is 0.711. The summed E-state index contributed by atoms with van der Waals surface area (Å²) in [5, 5.41) is 0. The van der Waals surface area contributed by atoms with Crippen molar-refractivity contribution in [2.24, 2.45) is 0 Å². The highest BCUT2D eigenvalue weighted by Crippen LogP contribution is 2.08. The lowest BCUT2D eigenvalue weighted by Gasteiger charge is -2.04. The molecule has 0 aromatic carbocycles. The summed E-state index contributed by atoms with van der Waals surface area (Å²) in [6, 6.07) is 3.36. The van der Waals surface area contributed by atoms with Crippen LogP contribution in [0.5, 0.6) is 11.8 Å². The number of hydrogen-bond acceptors (Lipinski definition) is 3. The van der Waals surface area contributed by atoms with Crippen LogP contribution >= 0.6 is 0 Å². The van der Waals surface area contributed by atoms with E-state index < -0.39 is 0 Å². The van der Waals surface area contributed by atoms with Gasteiger partial charge in [0.15, 0.2) is 0 Å². The molecule has 0 saturated heterocycles. The molecule has 0 aliphatic heterocycles. The third-order valence-corrected chi connectivity index (χ3v) is 1.27. The predicted octanol–water partition coefficient (Wildman–Crippen LogP) is -0.107. The summed E-state index contributed by atoms with van der Waals surface area (Å²) in [4.78, 5) is 3.94. The lowest BCUT2D eigenvalue weighted by atomic mass is 9.98. The van der Waals surface area contributed by atoms with Gasteiger partial charge in [0.2, 0.25) is 11.8 Å². The second kappa shape index (κ2) is 3.28. The standard InChI is InChI=1S/C7H8BNO2/c1-10-6-4-3-5(8)7(9-6)11-2/h3-4H,1-2H3. The Hall–Kier alpha value is -1.19. The Morgan fingerprint density at radius 2 is 2.00 bits per heavy atom. The van der Waals surface area contributed by atoms with Crippen molar-refractivity contribution in [3.8, 4) is 11.8 Å². The normalized spacial score (nSPS) is 9.27. The van der Waals surface area contributed by atoms with Crippen molar-refractivity contribution in [3.05, 3.63) is 12.1 Å². The molecular weight excluding hydrogens is 141 g/mol. The zero-order valence-corrected chi connectivity index (χ0v) is 6.50. The molecule has 0 unspecified atom stereocenters. The van der Waals surface area contributed by atoms with E-state index in [1.807, 2.05) is 0 Å². The Labute approximate surface area is 66.8 Å². The van der Waals surface area contributed by atoms with Crippen molar-refractivity contribution in [1.29, 1.82) is 0 Å². The number of methoxy groups -OCH3 is 2. The average Bonchev–Trinajstić information content (AvgIpc) is 2.05. The molecule has 4 heteroatoms. The number of pyridine rings is 1. The van der Waals surface area contributed by atoms with E-state index in [1.165, 1.54) is 14.2 Å². The maximum Gasteiger partial charge on any atom is 0.216 e. The monoisotopic (exact) mass is 149 g/mol. The van der Waals surface area contributed by atoms with E-state index in [4.69, 9.17) is 17.3 Å². The van der Waals surface area contributed by atoms with E-state index >= 15 is 0 Å². The minimum Gasteiger partial charge on any atom is -0.481 e. The van der Waals surface area contributed by atoms with E-state index in [0.29, 0.717) is 17.2 Å². The van der Waals surface area contributed by atoms with Gasteiger partial charge in [0, 0.05) is 0 Å². The minimum absolute atomic E-state index is 0.393. The molecule has 0 saturated carbocycles. The van der Waals surface area contributed by atoms with E-state index in [-0.39, 0.29) is 0 Å². The average molecular weight is 149 g/mol. The van der Waals surface area contributed by atoms with Gasteiger partial charge in [-0.2, -0.15) is 4.98 Å². The number of ether oxygens (including phenoxy) is 2. The maximum atomic E-state index is 5.51. The molecule has 0 aliphatic rings. The number of hydrogen-bond donors (Lipinski definition) is 0. The molecular formula is C7H8BNO2. The van der Waals surface area contributed by atoms with Crippen LogP contribution in [-0.2, 0) is 0 Å². The fraction of sp³-hybridized carbons (Fsp3) is 0.286. The highest BCUT2D eigenvalue weighted by Gasteiger charge is 1.99. The van der Waals surface area contributed by atoms with Crippen LogP contribution in [0.2, 0.25) is 0 Å². The van der Waals surface area contributed by atoms with Gasteiger partial charge in [-0.25, -0.2) is 0 Å². The van der Waals surface area contributed by atoms with Crippen LogP contribution in [-0.4, -0.2) is 27.0 Å². The summed E-state index contributed by atoms with van der Waals surface area (Å²) in [5.41, 5.74) is 0.508. The van der Waals surface area contributed by atoms with Crippen molar-refractivity contribution in [2.45, 2.75) is 0 Å². The fourth-order valence-electron chi connectivity index (χ4n) is 0.711. The maximum absolute atomic E-state index is 5.51. The Bertz CT molecular complexity index is 252. The quantitative estimate of drug-likeness (QED) is 0.550. The van der Waals surface area contributed by atoms with Gasteiger partial charge >= 0.3 is 0 Å². The van der Waals surface area contributed by atoms with Crippen LogP contribution in [0, 0.1) is 0 Å². The molecule has 0 atom stereocenters. The van der Waals surface area contributed by atoms with E-state index in [1.54, 1.807) is 12.1 Å². The molecule has 0 spiro atoms. The first-order valence-corrected chi connectivity index (χ1v) is 3.12. The summed E-state index contributed by atoms with van der Waals surface area (Å²) in [6.45, 7) is 0. The molecule has 0 amide bonds. The number of rotatable bonds is 2. The van der Waals surface area contributed by atoms with Gasteiger partial charge in [0.1, 0.15) is 7.85 Å². The zero-order chi connectivity index (χ0) is 8.27. The molecule has 1 heterocycles. The molecule has 2 radical (unpaired) electrons. The topological polar surface area (TPSA) is 31.4 Å². The highest BCUT2D eigenvalue weighted by molar-refractivity contribution is 6.33. The van der Waals surface area contributed by atoms with Crippen LogP contribution in [0.4, 0.5) is 0 Å². The Kier molecular flexibility index (Phi) is 2.36. The number of nitrogens with zero attached hydrogens (tertiary/aromatic N) is 1.